The number of benzene rings is 1. The molecule has 0 aliphatic carbocycles. The summed E-state index contributed by atoms with van der Waals surface area (Å²) in [5.41, 5.74) is 0.534. The second-order valence-corrected chi connectivity index (χ2v) is 5.93. The van der Waals surface area contributed by atoms with Crippen LogP contribution >= 0.6 is 11.6 Å². The molecule has 0 aliphatic rings. The van der Waals surface area contributed by atoms with Crippen LogP contribution in [0.3, 0.4) is 0 Å². The van der Waals surface area contributed by atoms with Crippen LogP contribution in [0.15, 0.2) is 24.3 Å². The molecule has 1 aromatic carbocycles. The standard InChI is InChI=1S/C16H23ClN4O3/c1-4-18-16(24)11(2)19-14(22)9-21(3)10-15(23)20-13-8-6-5-7-12(13)17/h5-8,11H,4,9-10H2,1-3H3,(H,18,24)(H,19,22)(H,20,23)/p+1/t11-/m0/s1. The van der Waals surface area contributed by atoms with Crippen LogP contribution in [-0.4, -0.2) is 50.4 Å². The van der Waals surface area contributed by atoms with Crippen molar-refractivity contribution in [2.24, 2.45) is 0 Å². The Hall–Kier alpha value is -2.12. The Morgan fingerprint density at radius 3 is 2.42 bits per heavy atom. The number of hydrogen-bond donors (Lipinski definition) is 4. The van der Waals surface area contributed by atoms with Crippen LogP contribution < -0.4 is 20.9 Å². The van der Waals surface area contributed by atoms with Crippen molar-refractivity contribution in [3.63, 3.8) is 0 Å². The third kappa shape index (κ3) is 6.97. The summed E-state index contributed by atoms with van der Waals surface area (Å²) in [7, 11) is 1.72. The molecule has 8 heteroatoms. The number of rotatable bonds is 8. The molecular weight excluding hydrogens is 332 g/mol. The molecule has 0 heterocycles. The summed E-state index contributed by atoms with van der Waals surface area (Å²) < 4.78 is 0. The quantitative estimate of drug-likeness (QED) is 0.503. The lowest BCUT2D eigenvalue weighted by Crippen LogP contribution is -3.11. The number of carbonyl (C=O) groups excluding carboxylic acids is 3. The van der Waals surface area contributed by atoms with E-state index >= 15 is 0 Å². The van der Waals surface area contributed by atoms with E-state index in [1.807, 2.05) is 6.92 Å². The number of quaternary nitrogens is 1. The molecule has 0 bridgehead atoms. The molecule has 0 fully saturated rings. The number of nitrogens with one attached hydrogen (secondary N) is 4. The van der Waals surface area contributed by atoms with Crippen molar-refractivity contribution in [2.75, 3.05) is 32.0 Å². The van der Waals surface area contributed by atoms with E-state index in [9.17, 15) is 14.4 Å². The summed E-state index contributed by atoms with van der Waals surface area (Å²) in [4.78, 5) is 36.2. The zero-order chi connectivity index (χ0) is 18.1. The first-order chi connectivity index (χ1) is 11.3. The Bertz CT molecular complexity index is 594. The van der Waals surface area contributed by atoms with Gasteiger partial charge < -0.3 is 20.9 Å². The van der Waals surface area contributed by atoms with Crippen LogP contribution in [0.4, 0.5) is 5.69 Å². The molecule has 0 aromatic heterocycles. The maximum Gasteiger partial charge on any atom is 0.279 e. The lowest BCUT2D eigenvalue weighted by atomic mass is 10.3. The van der Waals surface area contributed by atoms with Gasteiger partial charge in [0.05, 0.1) is 17.8 Å². The van der Waals surface area contributed by atoms with Crippen molar-refractivity contribution in [1.82, 2.24) is 10.6 Å². The summed E-state index contributed by atoms with van der Waals surface area (Å²) >= 11 is 5.98. The molecular formula is C16H24ClN4O3+. The predicted molar refractivity (Wildman–Crippen MR) is 93.0 cm³/mol. The molecule has 0 spiro atoms. The number of likely N-dealkylation sites (N-methyl/N-ethyl adjacent to an activating group) is 2. The Balaban J connectivity index is 2.41. The van der Waals surface area contributed by atoms with E-state index in [4.69, 9.17) is 11.6 Å². The molecule has 0 aliphatic heterocycles. The fourth-order valence-corrected chi connectivity index (χ4v) is 2.24. The van der Waals surface area contributed by atoms with Crippen molar-refractivity contribution >= 4 is 35.0 Å². The van der Waals surface area contributed by atoms with Crippen LogP contribution in [0.2, 0.25) is 5.02 Å². The first-order valence-electron chi connectivity index (χ1n) is 7.76. The first kappa shape index (κ1) is 19.9. The van der Waals surface area contributed by atoms with E-state index in [1.165, 1.54) is 0 Å². The van der Waals surface area contributed by atoms with Crippen LogP contribution in [0.5, 0.6) is 0 Å². The van der Waals surface area contributed by atoms with E-state index in [-0.39, 0.29) is 30.8 Å². The van der Waals surface area contributed by atoms with Gasteiger partial charge in [-0.05, 0) is 26.0 Å². The molecule has 24 heavy (non-hydrogen) atoms. The highest BCUT2D eigenvalue weighted by molar-refractivity contribution is 6.33. The van der Waals surface area contributed by atoms with Crippen LogP contribution in [0, 0.1) is 0 Å². The summed E-state index contributed by atoms with van der Waals surface area (Å²) in [5.74, 6) is -0.776. The first-order valence-corrected chi connectivity index (χ1v) is 8.14. The Kier molecular flexibility index (Phi) is 8.21. The largest absolute Gasteiger partial charge is 0.355 e. The summed E-state index contributed by atoms with van der Waals surface area (Å²) in [6.07, 6.45) is 0. The van der Waals surface area contributed by atoms with E-state index in [2.05, 4.69) is 16.0 Å². The molecule has 0 radical (unpaired) electrons. The number of para-hydroxylation sites is 1. The van der Waals surface area contributed by atoms with Crippen LogP contribution in [0.1, 0.15) is 13.8 Å². The van der Waals surface area contributed by atoms with Crippen LogP contribution in [0.25, 0.3) is 0 Å². The smallest absolute Gasteiger partial charge is 0.279 e. The average molecular weight is 356 g/mol. The van der Waals surface area contributed by atoms with Gasteiger partial charge in [0, 0.05) is 6.54 Å². The van der Waals surface area contributed by atoms with Crippen LogP contribution in [-0.2, 0) is 14.4 Å². The molecule has 1 aromatic rings. The molecule has 1 rings (SSSR count). The summed E-state index contributed by atoms with van der Waals surface area (Å²) in [5, 5.41) is 8.39. The fraction of sp³-hybridized carbons (Fsp3) is 0.438. The molecule has 3 amide bonds. The molecule has 1 unspecified atom stereocenters. The third-order valence-electron chi connectivity index (χ3n) is 3.19. The lowest BCUT2D eigenvalue weighted by molar-refractivity contribution is -0.862. The second kappa shape index (κ2) is 9.89. The number of carbonyl (C=O) groups is 3. The molecule has 0 saturated heterocycles. The molecule has 7 nitrogen and oxygen atoms in total. The SMILES string of the molecule is CCNC(=O)[C@H](C)NC(=O)C[NH+](C)CC(=O)Nc1ccccc1Cl. The van der Waals surface area contributed by atoms with Crippen molar-refractivity contribution in [3.8, 4) is 0 Å². The van der Waals surface area contributed by atoms with Crippen molar-refractivity contribution < 1.29 is 19.3 Å². The highest BCUT2D eigenvalue weighted by Crippen LogP contribution is 2.19. The van der Waals surface area contributed by atoms with Gasteiger partial charge in [-0.25, -0.2) is 0 Å². The van der Waals surface area contributed by atoms with Gasteiger partial charge in [0.2, 0.25) is 5.91 Å². The number of anilines is 1. The molecule has 132 valence electrons. The minimum Gasteiger partial charge on any atom is -0.355 e. The molecule has 0 saturated carbocycles. The Morgan fingerprint density at radius 1 is 1.17 bits per heavy atom. The van der Waals surface area contributed by atoms with Crippen molar-refractivity contribution in [3.05, 3.63) is 29.3 Å². The number of amides is 3. The van der Waals surface area contributed by atoms with Gasteiger partial charge in [0.15, 0.2) is 13.1 Å². The number of halogens is 1. The van der Waals surface area contributed by atoms with E-state index in [1.54, 1.807) is 38.2 Å². The zero-order valence-corrected chi connectivity index (χ0v) is 14.9. The third-order valence-corrected chi connectivity index (χ3v) is 3.52. The van der Waals surface area contributed by atoms with E-state index < -0.39 is 6.04 Å². The van der Waals surface area contributed by atoms with E-state index in [0.29, 0.717) is 22.2 Å². The Morgan fingerprint density at radius 2 is 1.79 bits per heavy atom. The van der Waals surface area contributed by atoms with Gasteiger partial charge >= 0.3 is 0 Å². The zero-order valence-electron chi connectivity index (χ0n) is 14.1. The second-order valence-electron chi connectivity index (χ2n) is 5.52. The van der Waals surface area contributed by atoms with Gasteiger partial charge in [0.25, 0.3) is 11.8 Å². The van der Waals surface area contributed by atoms with Gasteiger partial charge in [-0.3, -0.25) is 14.4 Å². The maximum atomic E-state index is 12.0. The van der Waals surface area contributed by atoms with E-state index in [0.717, 1.165) is 0 Å². The minimum atomic E-state index is -0.609. The number of hydrogen-bond acceptors (Lipinski definition) is 3. The lowest BCUT2D eigenvalue weighted by Gasteiger charge is -2.16. The highest BCUT2D eigenvalue weighted by Gasteiger charge is 2.19. The highest BCUT2D eigenvalue weighted by atomic mass is 35.5. The molecule has 2 atom stereocenters. The summed E-state index contributed by atoms with van der Waals surface area (Å²) in [6.45, 7) is 4.12. The average Bonchev–Trinajstić information content (AvgIpc) is 2.49. The van der Waals surface area contributed by atoms with Crippen molar-refractivity contribution in [1.29, 1.82) is 0 Å². The van der Waals surface area contributed by atoms with Gasteiger partial charge in [-0.2, -0.15) is 0 Å². The van der Waals surface area contributed by atoms with Gasteiger partial charge in [0.1, 0.15) is 6.04 Å². The topological polar surface area (TPSA) is 91.7 Å². The summed E-state index contributed by atoms with van der Waals surface area (Å²) in [6, 6.07) is 6.33. The molecule has 4 N–H and O–H groups in total. The normalized spacial score (nSPS) is 12.8. The predicted octanol–water partition coefficient (Wildman–Crippen LogP) is -0.566. The van der Waals surface area contributed by atoms with Crippen molar-refractivity contribution in [2.45, 2.75) is 19.9 Å². The van der Waals surface area contributed by atoms with Gasteiger partial charge in [-0.1, -0.05) is 23.7 Å². The monoisotopic (exact) mass is 355 g/mol. The fourth-order valence-electron chi connectivity index (χ4n) is 2.05. The van der Waals surface area contributed by atoms with Gasteiger partial charge in [-0.15, -0.1) is 0 Å². The Labute approximate surface area is 146 Å². The maximum absolute atomic E-state index is 12.0. The minimum absolute atomic E-state index is 0.0830.